The molecule has 3 rings (SSSR count). The summed E-state index contributed by atoms with van der Waals surface area (Å²) in [4.78, 5) is 10.6. The van der Waals surface area contributed by atoms with E-state index in [1.807, 2.05) is 24.4 Å². The molecule has 0 aliphatic carbocycles. The Morgan fingerprint density at radius 3 is 2.48 bits per heavy atom. The molecule has 1 aromatic carbocycles. The van der Waals surface area contributed by atoms with Crippen LogP contribution in [0.3, 0.4) is 0 Å². The minimum atomic E-state index is 0.354. The number of rotatable bonds is 7. The molecule has 4 nitrogen and oxygen atoms in total. The van der Waals surface area contributed by atoms with Crippen LogP contribution in [0.1, 0.15) is 37.0 Å². The molecule has 25 heavy (non-hydrogen) atoms. The number of imidazole rings is 1. The minimum Gasteiger partial charge on any atom is -0.330 e. The zero-order chi connectivity index (χ0) is 17.6. The van der Waals surface area contributed by atoms with E-state index in [0.29, 0.717) is 19.0 Å². The normalized spacial score (nSPS) is 11.2. The average Bonchev–Trinajstić information content (AvgIpc) is 2.95. The zero-order valence-corrected chi connectivity index (χ0v) is 15.5. The van der Waals surface area contributed by atoms with Crippen molar-refractivity contribution in [1.29, 1.82) is 0 Å². The van der Waals surface area contributed by atoms with Gasteiger partial charge in [0, 0.05) is 17.5 Å². The topological polar surface area (TPSA) is 56.7 Å². The molecule has 2 heterocycles. The monoisotopic (exact) mass is 352 g/mol. The third-order valence-electron chi connectivity index (χ3n) is 3.94. The smallest absolute Gasteiger partial charge is 0.111 e. The zero-order valence-electron chi connectivity index (χ0n) is 14.7. The lowest BCUT2D eigenvalue weighted by Gasteiger charge is -2.13. The fourth-order valence-corrected chi connectivity index (χ4v) is 3.91. The summed E-state index contributed by atoms with van der Waals surface area (Å²) < 4.78 is 2.28. The lowest BCUT2D eigenvalue weighted by Crippen LogP contribution is -2.12. The quantitative estimate of drug-likeness (QED) is 0.695. The molecule has 0 amide bonds. The van der Waals surface area contributed by atoms with E-state index in [4.69, 9.17) is 10.7 Å². The van der Waals surface area contributed by atoms with Crippen molar-refractivity contribution in [2.75, 3.05) is 6.54 Å². The van der Waals surface area contributed by atoms with Gasteiger partial charge in [-0.1, -0.05) is 49.9 Å². The lowest BCUT2D eigenvalue weighted by atomic mass is 10.1. The van der Waals surface area contributed by atoms with E-state index in [0.717, 1.165) is 23.6 Å². The van der Waals surface area contributed by atoms with Crippen molar-refractivity contribution in [3.05, 3.63) is 71.9 Å². The molecule has 0 fully saturated rings. The first-order chi connectivity index (χ1) is 12.2. The van der Waals surface area contributed by atoms with Gasteiger partial charge in [0.15, 0.2) is 0 Å². The van der Waals surface area contributed by atoms with Gasteiger partial charge in [-0.15, -0.1) is 0 Å². The summed E-state index contributed by atoms with van der Waals surface area (Å²) in [6, 6.07) is 16.5. The second kappa shape index (κ2) is 8.32. The van der Waals surface area contributed by atoms with Crippen LogP contribution in [0, 0.1) is 0 Å². The van der Waals surface area contributed by atoms with Crippen LogP contribution < -0.4 is 5.73 Å². The summed E-state index contributed by atoms with van der Waals surface area (Å²) in [5.41, 5.74) is 8.00. The van der Waals surface area contributed by atoms with Gasteiger partial charge < -0.3 is 10.3 Å². The Hall–Kier alpha value is -2.11. The van der Waals surface area contributed by atoms with Gasteiger partial charge in [0.2, 0.25) is 0 Å². The first kappa shape index (κ1) is 17.7. The molecule has 2 N–H and O–H groups in total. The number of hydrogen-bond donors (Lipinski definition) is 1. The van der Waals surface area contributed by atoms with E-state index in [-0.39, 0.29) is 0 Å². The van der Waals surface area contributed by atoms with Crippen molar-refractivity contribution in [3.8, 4) is 0 Å². The number of aromatic nitrogens is 3. The van der Waals surface area contributed by atoms with Crippen LogP contribution in [-0.2, 0) is 13.0 Å². The third-order valence-corrected chi connectivity index (χ3v) is 5.07. The minimum absolute atomic E-state index is 0.354. The number of nitrogens with two attached hydrogens (primary N) is 1. The molecule has 0 aliphatic rings. The first-order valence-electron chi connectivity index (χ1n) is 8.61. The molecule has 0 atom stereocenters. The number of pyridine rings is 1. The largest absolute Gasteiger partial charge is 0.330 e. The van der Waals surface area contributed by atoms with E-state index in [1.165, 1.54) is 9.92 Å². The van der Waals surface area contributed by atoms with E-state index in [2.05, 4.69) is 53.7 Å². The highest BCUT2D eigenvalue weighted by molar-refractivity contribution is 7.99. The van der Waals surface area contributed by atoms with Crippen molar-refractivity contribution in [2.24, 2.45) is 5.73 Å². The van der Waals surface area contributed by atoms with Crippen LogP contribution in [-0.4, -0.2) is 21.1 Å². The van der Waals surface area contributed by atoms with Gasteiger partial charge >= 0.3 is 0 Å². The fourth-order valence-electron chi connectivity index (χ4n) is 2.72. The van der Waals surface area contributed by atoms with Gasteiger partial charge in [0.25, 0.3) is 0 Å². The summed E-state index contributed by atoms with van der Waals surface area (Å²) in [7, 11) is 0. The summed E-state index contributed by atoms with van der Waals surface area (Å²) >= 11 is 1.77. The lowest BCUT2D eigenvalue weighted by molar-refractivity contribution is 0.653. The Bertz CT molecular complexity index is 797. The number of nitrogens with zero attached hydrogens (tertiary/aromatic N) is 3. The Balaban J connectivity index is 2.05. The second-order valence-electron chi connectivity index (χ2n) is 6.23. The molecule has 5 heteroatoms. The molecule has 3 aromatic rings. The molecule has 0 radical (unpaired) electrons. The van der Waals surface area contributed by atoms with Crippen LogP contribution in [0.25, 0.3) is 0 Å². The summed E-state index contributed by atoms with van der Waals surface area (Å²) in [6.45, 7) is 5.68. The summed E-state index contributed by atoms with van der Waals surface area (Å²) in [6.07, 6.45) is 2.60. The van der Waals surface area contributed by atoms with Gasteiger partial charge in [0.1, 0.15) is 10.9 Å². The number of benzene rings is 1. The highest BCUT2D eigenvalue weighted by Gasteiger charge is 2.20. The van der Waals surface area contributed by atoms with Crippen LogP contribution in [0.15, 0.2) is 64.6 Å². The van der Waals surface area contributed by atoms with Crippen molar-refractivity contribution in [3.63, 3.8) is 0 Å². The molecule has 0 aliphatic heterocycles. The second-order valence-corrected chi connectivity index (χ2v) is 7.30. The summed E-state index contributed by atoms with van der Waals surface area (Å²) in [5.74, 6) is 1.39. The Morgan fingerprint density at radius 2 is 1.84 bits per heavy atom. The van der Waals surface area contributed by atoms with Gasteiger partial charge in [-0.05, 0) is 36.7 Å². The number of hydrogen-bond acceptors (Lipinski definition) is 4. The highest BCUT2D eigenvalue weighted by atomic mass is 32.2. The SMILES string of the molecule is CC(C)c1nc(CCN)n(Cc2ccccn2)c1Sc1ccccc1. The van der Waals surface area contributed by atoms with Crippen molar-refractivity contribution >= 4 is 11.8 Å². The van der Waals surface area contributed by atoms with Gasteiger partial charge in [-0.25, -0.2) is 4.98 Å². The van der Waals surface area contributed by atoms with Crippen molar-refractivity contribution < 1.29 is 0 Å². The van der Waals surface area contributed by atoms with Crippen molar-refractivity contribution in [2.45, 2.75) is 42.7 Å². The van der Waals surface area contributed by atoms with Crippen LogP contribution >= 0.6 is 11.8 Å². The molecule has 0 saturated heterocycles. The Labute approximate surface area is 153 Å². The molecule has 0 unspecified atom stereocenters. The molecular weight excluding hydrogens is 328 g/mol. The van der Waals surface area contributed by atoms with E-state index < -0.39 is 0 Å². The fraction of sp³-hybridized carbons (Fsp3) is 0.300. The van der Waals surface area contributed by atoms with E-state index >= 15 is 0 Å². The molecular formula is C20H24N4S. The third kappa shape index (κ3) is 4.30. The summed E-state index contributed by atoms with van der Waals surface area (Å²) in [5, 5.41) is 1.19. The maximum absolute atomic E-state index is 5.84. The molecule has 2 aromatic heterocycles. The molecule has 0 saturated carbocycles. The molecule has 130 valence electrons. The molecule has 0 spiro atoms. The first-order valence-corrected chi connectivity index (χ1v) is 9.43. The molecule has 0 bridgehead atoms. The van der Waals surface area contributed by atoms with Gasteiger partial charge in [-0.3, -0.25) is 4.98 Å². The van der Waals surface area contributed by atoms with Gasteiger partial charge in [-0.2, -0.15) is 0 Å². The van der Waals surface area contributed by atoms with Crippen LogP contribution in [0.5, 0.6) is 0 Å². The maximum atomic E-state index is 5.84. The van der Waals surface area contributed by atoms with E-state index in [9.17, 15) is 0 Å². The standard InChI is InChI=1S/C20H24N4S/c1-15(2)19-20(25-17-9-4-3-5-10-17)24(18(23-19)11-12-21)14-16-8-6-7-13-22-16/h3-10,13,15H,11-12,14,21H2,1-2H3. The van der Waals surface area contributed by atoms with Gasteiger partial charge in [0.05, 0.1) is 17.9 Å². The van der Waals surface area contributed by atoms with Crippen LogP contribution in [0.2, 0.25) is 0 Å². The predicted octanol–water partition coefficient (Wildman–Crippen LogP) is 4.10. The predicted molar refractivity (Wildman–Crippen MR) is 103 cm³/mol. The average molecular weight is 353 g/mol. The van der Waals surface area contributed by atoms with Crippen molar-refractivity contribution in [1.82, 2.24) is 14.5 Å². The maximum Gasteiger partial charge on any atom is 0.111 e. The Morgan fingerprint density at radius 1 is 1.08 bits per heavy atom. The van der Waals surface area contributed by atoms with E-state index in [1.54, 1.807) is 11.8 Å². The highest BCUT2D eigenvalue weighted by Crippen LogP contribution is 2.35. The Kier molecular flexibility index (Phi) is 5.89. The van der Waals surface area contributed by atoms with Crippen LogP contribution in [0.4, 0.5) is 0 Å².